The molecule has 0 aromatic heterocycles. The van der Waals surface area contributed by atoms with E-state index >= 15 is 0 Å². The highest BCUT2D eigenvalue weighted by Crippen LogP contribution is 2.94. The summed E-state index contributed by atoms with van der Waals surface area (Å²) in [4.78, 5) is 0. The van der Waals surface area contributed by atoms with Gasteiger partial charge in [0.15, 0.2) is 0 Å². The zero-order valence-corrected chi connectivity index (χ0v) is 13.5. The van der Waals surface area contributed by atoms with Crippen LogP contribution in [0, 0.1) is 40.4 Å². The third-order valence-electron chi connectivity index (χ3n) is 7.22. The van der Waals surface area contributed by atoms with Gasteiger partial charge in [-0.25, -0.2) is 0 Å². The molecule has 7 heteroatoms. The Kier molecular flexibility index (Phi) is 3.17. The van der Waals surface area contributed by atoms with Gasteiger partial charge in [0.05, 0.1) is 0 Å². The van der Waals surface area contributed by atoms with Crippen LogP contribution in [0.3, 0.4) is 0 Å². The maximum absolute atomic E-state index is 12.9. The van der Waals surface area contributed by atoms with Gasteiger partial charge >= 0.3 is 12.4 Å². The number of halogens is 6. The molecule has 3 fully saturated rings. The largest absolute Gasteiger partial charge is 0.426 e. The predicted octanol–water partition coefficient (Wildman–Crippen LogP) is 4.80. The molecule has 1 nitrogen and oxygen atoms in total. The Balaban J connectivity index is 1.83. The van der Waals surface area contributed by atoms with E-state index in [0.29, 0.717) is 12.3 Å². The maximum atomic E-state index is 12.9. The number of alkyl halides is 6. The molecule has 3 aliphatic rings. The highest BCUT2D eigenvalue weighted by atomic mass is 19.4. The monoisotopic (exact) mass is 344 g/mol. The van der Waals surface area contributed by atoms with Crippen LogP contribution in [0.1, 0.15) is 40.5 Å². The van der Waals surface area contributed by atoms with Crippen LogP contribution in [-0.2, 0) is 0 Å². The lowest BCUT2D eigenvalue weighted by molar-refractivity contribution is -0.378. The van der Waals surface area contributed by atoms with Crippen molar-refractivity contribution in [3.8, 4) is 0 Å². The van der Waals surface area contributed by atoms with Crippen molar-refractivity contribution in [1.29, 1.82) is 0 Å². The topological polar surface area (TPSA) is 20.2 Å². The van der Waals surface area contributed by atoms with Crippen molar-refractivity contribution in [2.24, 2.45) is 40.4 Å². The Bertz CT molecular complexity index is 506. The van der Waals surface area contributed by atoms with Crippen LogP contribution in [0.25, 0.3) is 0 Å². The molecule has 0 heterocycles. The van der Waals surface area contributed by atoms with Crippen LogP contribution in [0.4, 0.5) is 26.3 Å². The molecule has 3 aliphatic carbocycles. The minimum Gasteiger partial charge on any atom is -0.374 e. The molecule has 3 saturated carbocycles. The van der Waals surface area contributed by atoms with Gasteiger partial charge < -0.3 is 5.11 Å². The standard InChI is InChI=1S/C16H22F6O/c1-7(2)9-10-8(5-13(10)11(9)12(13,3)4)6-14(23,15(17,18)19)16(20,21)22/h7-11,23H,5-6H2,1-4H3. The molecule has 23 heavy (non-hydrogen) atoms. The van der Waals surface area contributed by atoms with Crippen molar-refractivity contribution >= 4 is 0 Å². The summed E-state index contributed by atoms with van der Waals surface area (Å²) in [5, 5.41) is 9.45. The van der Waals surface area contributed by atoms with E-state index in [1.54, 1.807) is 0 Å². The summed E-state index contributed by atoms with van der Waals surface area (Å²) in [6.45, 7) is 8.06. The molecule has 1 spiro atoms. The van der Waals surface area contributed by atoms with E-state index in [0.717, 1.165) is 0 Å². The lowest BCUT2D eigenvalue weighted by Gasteiger charge is -2.61. The van der Waals surface area contributed by atoms with Gasteiger partial charge in [-0.15, -0.1) is 0 Å². The van der Waals surface area contributed by atoms with Crippen LogP contribution < -0.4 is 0 Å². The Morgan fingerprint density at radius 2 is 1.52 bits per heavy atom. The molecule has 0 aliphatic heterocycles. The van der Waals surface area contributed by atoms with E-state index in [-0.39, 0.29) is 28.6 Å². The minimum absolute atomic E-state index is 0.00230. The fourth-order valence-electron chi connectivity index (χ4n) is 6.25. The Morgan fingerprint density at radius 3 is 1.91 bits per heavy atom. The van der Waals surface area contributed by atoms with Crippen LogP contribution in [0.2, 0.25) is 0 Å². The quantitative estimate of drug-likeness (QED) is 0.730. The Morgan fingerprint density at radius 1 is 1.04 bits per heavy atom. The van der Waals surface area contributed by atoms with E-state index in [1.807, 2.05) is 13.8 Å². The molecule has 0 amide bonds. The van der Waals surface area contributed by atoms with Crippen molar-refractivity contribution in [1.82, 2.24) is 0 Å². The van der Waals surface area contributed by atoms with E-state index in [1.165, 1.54) is 0 Å². The second-order valence-corrected chi connectivity index (χ2v) is 8.61. The van der Waals surface area contributed by atoms with E-state index in [2.05, 4.69) is 13.8 Å². The number of rotatable bonds is 3. The van der Waals surface area contributed by atoms with Crippen molar-refractivity contribution < 1.29 is 31.4 Å². The summed E-state index contributed by atoms with van der Waals surface area (Å²) in [6, 6.07) is 0. The van der Waals surface area contributed by atoms with Crippen molar-refractivity contribution in [2.45, 2.75) is 58.5 Å². The van der Waals surface area contributed by atoms with Gasteiger partial charge in [0, 0.05) is 0 Å². The average Bonchev–Trinajstić information content (AvgIpc) is 2.74. The lowest BCUT2D eigenvalue weighted by atomic mass is 9.43. The SMILES string of the molecule is CC(C)C1C2C(CC(O)(C(F)(F)F)C(F)(F)F)CC23C1C3(C)C. The van der Waals surface area contributed by atoms with Crippen LogP contribution >= 0.6 is 0 Å². The normalized spacial score (nSPS) is 41.7. The summed E-state index contributed by atoms with van der Waals surface area (Å²) in [5.74, 6) is -0.0458. The average molecular weight is 344 g/mol. The molecule has 3 rings (SSSR count). The molecule has 5 atom stereocenters. The summed E-state index contributed by atoms with van der Waals surface area (Å²) >= 11 is 0. The molecular weight excluding hydrogens is 322 g/mol. The van der Waals surface area contributed by atoms with Gasteiger partial charge in [0.1, 0.15) is 0 Å². The lowest BCUT2D eigenvalue weighted by Crippen LogP contribution is -2.63. The third kappa shape index (κ3) is 1.75. The van der Waals surface area contributed by atoms with Gasteiger partial charge in [-0.3, -0.25) is 0 Å². The first-order valence-electron chi connectivity index (χ1n) is 7.99. The fourth-order valence-corrected chi connectivity index (χ4v) is 6.25. The molecule has 0 aromatic rings. The Labute approximate surface area is 131 Å². The van der Waals surface area contributed by atoms with Crippen LogP contribution in [-0.4, -0.2) is 23.1 Å². The molecule has 0 aromatic carbocycles. The summed E-state index contributed by atoms with van der Waals surface area (Å²) < 4.78 is 77.4. The number of hydrogen-bond acceptors (Lipinski definition) is 1. The zero-order chi connectivity index (χ0) is 17.8. The maximum Gasteiger partial charge on any atom is 0.426 e. The molecular formula is C16H22F6O. The molecule has 0 radical (unpaired) electrons. The van der Waals surface area contributed by atoms with Crippen molar-refractivity contribution in [3.05, 3.63) is 0 Å². The first-order valence-corrected chi connectivity index (χ1v) is 7.99. The van der Waals surface area contributed by atoms with E-state index < -0.39 is 30.3 Å². The van der Waals surface area contributed by atoms with E-state index in [4.69, 9.17) is 0 Å². The zero-order valence-electron chi connectivity index (χ0n) is 13.5. The van der Waals surface area contributed by atoms with Crippen molar-refractivity contribution in [2.75, 3.05) is 0 Å². The Hall–Kier alpha value is -0.460. The van der Waals surface area contributed by atoms with Crippen molar-refractivity contribution in [3.63, 3.8) is 0 Å². The second kappa shape index (κ2) is 4.20. The molecule has 134 valence electrons. The predicted molar refractivity (Wildman–Crippen MR) is 71.3 cm³/mol. The van der Waals surface area contributed by atoms with Crippen LogP contribution in [0.5, 0.6) is 0 Å². The smallest absolute Gasteiger partial charge is 0.374 e. The van der Waals surface area contributed by atoms with Gasteiger partial charge in [-0.05, 0) is 53.3 Å². The highest BCUT2D eigenvalue weighted by Gasteiger charge is 2.91. The van der Waals surface area contributed by atoms with Gasteiger partial charge in [-0.1, -0.05) is 27.7 Å². The van der Waals surface area contributed by atoms with Crippen LogP contribution in [0.15, 0.2) is 0 Å². The highest BCUT2D eigenvalue weighted by molar-refractivity contribution is 5.37. The number of aliphatic hydroxyl groups is 1. The molecule has 0 saturated heterocycles. The van der Waals surface area contributed by atoms with Gasteiger partial charge in [-0.2, -0.15) is 26.3 Å². The van der Waals surface area contributed by atoms with E-state index in [9.17, 15) is 31.4 Å². The second-order valence-electron chi connectivity index (χ2n) is 8.61. The first kappa shape index (κ1) is 17.4. The summed E-state index contributed by atoms with van der Waals surface area (Å²) in [6.07, 6.45) is -12.3. The fraction of sp³-hybridized carbons (Fsp3) is 1.00. The summed E-state index contributed by atoms with van der Waals surface area (Å²) in [7, 11) is 0. The molecule has 5 unspecified atom stereocenters. The number of hydrogen-bond donors (Lipinski definition) is 1. The molecule has 1 N–H and O–H groups in total. The minimum atomic E-state index is -5.70. The molecule has 0 bridgehead atoms. The van der Waals surface area contributed by atoms with Gasteiger partial charge in [0.2, 0.25) is 0 Å². The third-order valence-corrected chi connectivity index (χ3v) is 7.22. The summed E-state index contributed by atoms with van der Waals surface area (Å²) in [5.41, 5.74) is -4.68. The first-order chi connectivity index (χ1) is 10.1. The van der Waals surface area contributed by atoms with Gasteiger partial charge in [0.25, 0.3) is 5.60 Å².